The van der Waals surface area contributed by atoms with Gasteiger partial charge in [-0.3, -0.25) is 9.59 Å². The Kier molecular flexibility index (Phi) is 5.27. The molecule has 28 heavy (non-hydrogen) atoms. The van der Waals surface area contributed by atoms with Crippen LogP contribution < -0.4 is 19.7 Å². The summed E-state index contributed by atoms with van der Waals surface area (Å²) in [5, 5.41) is 3.58. The summed E-state index contributed by atoms with van der Waals surface area (Å²) in [5.74, 6) is 0.259. The number of carbonyl (C=O) groups is 2. The normalized spacial score (nSPS) is 18.3. The third-order valence-corrected chi connectivity index (χ3v) is 5.64. The zero-order chi connectivity index (χ0) is 19.8. The topological polar surface area (TPSA) is 67.9 Å². The molecule has 146 valence electrons. The first-order valence-electron chi connectivity index (χ1n) is 8.58. The number of amides is 2. The van der Waals surface area contributed by atoms with Gasteiger partial charge in [-0.1, -0.05) is 34.8 Å². The highest BCUT2D eigenvalue weighted by Crippen LogP contribution is 2.37. The van der Waals surface area contributed by atoms with Crippen molar-refractivity contribution in [2.45, 2.75) is 6.42 Å². The second-order valence-electron chi connectivity index (χ2n) is 6.47. The molecule has 2 aliphatic heterocycles. The molecular formula is C19H15Cl3N2O4. The number of hydrogen-bond acceptors (Lipinski definition) is 4. The minimum absolute atomic E-state index is 0.0964. The van der Waals surface area contributed by atoms with Gasteiger partial charge in [0.05, 0.1) is 26.7 Å². The Labute approximate surface area is 176 Å². The number of nitrogens with one attached hydrogen (secondary N) is 1. The summed E-state index contributed by atoms with van der Waals surface area (Å²) in [5.41, 5.74) is 1.02. The lowest BCUT2D eigenvalue weighted by Crippen LogP contribution is -2.28. The number of carbonyl (C=O) groups excluding carboxylic acids is 2. The van der Waals surface area contributed by atoms with Crippen LogP contribution in [0.1, 0.15) is 6.42 Å². The van der Waals surface area contributed by atoms with Gasteiger partial charge in [0, 0.05) is 24.7 Å². The predicted octanol–water partition coefficient (Wildman–Crippen LogP) is 4.41. The van der Waals surface area contributed by atoms with Gasteiger partial charge < -0.3 is 19.7 Å². The molecule has 0 aliphatic carbocycles. The Bertz CT molecular complexity index is 966. The van der Waals surface area contributed by atoms with Crippen LogP contribution >= 0.6 is 34.8 Å². The van der Waals surface area contributed by atoms with E-state index in [1.807, 2.05) is 0 Å². The fourth-order valence-corrected chi connectivity index (χ4v) is 3.78. The second kappa shape index (κ2) is 7.70. The number of hydrogen-bond donors (Lipinski definition) is 1. The van der Waals surface area contributed by atoms with Crippen LogP contribution in [0.2, 0.25) is 15.1 Å². The molecule has 1 saturated heterocycles. The van der Waals surface area contributed by atoms with Gasteiger partial charge in [0.2, 0.25) is 11.8 Å². The van der Waals surface area contributed by atoms with Crippen molar-refractivity contribution in [3.63, 3.8) is 0 Å². The first kappa shape index (κ1) is 19.2. The standard InChI is InChI=1S/C19H15Cl3N2O4/c20-12-7-14(22)15(8-13(12)21)23-19(26)10-5-18(25)24(9-10)11-1-2-16-17(6-11)28-4-3-27-16/h1-2,6-8,10H,3-5,9H2,(H,23,26)/t10-/m1/s1. The number of anilines is 2. The van der Waals surface area contributed by atoms with Crippen molar-refractivity contribution in [2.75, 3.05) is 30.0 Å². The first-order valence-corrected chi connectivity index (χ1v) is 9.71. The van der Waals surface area contributed by atoms with Crippen LogP contribution in [0.5, 0.6) is 11.5 Å². The summed E-state index contributed by atoms with van der Waals surface area (Å²) in [7, 11) is 0. The smallest absolute Gasteiger partial charge is 0.229 e. The Morgan fingerprint density at radius 3 is 2.50 bits per heavy atom. The average molecular weight is 442 g/mol. The molecule has 0 aromatic heterocycles. The third-order valence-electron chi connectivity index (χ3n) is 4.60. The van der Waals surface area contributed by atoms with Crippen LogP contribution in [0.15, 0.2) is 30.3 Å². The van der Waals surface area contributed by atoms with Crippen molar-refractivity contribution in [1.82, 2.24) is 0 Å². The van der Waals surface area contributed by atoms with E-state index in [-0.39, 0.29) is 34.8 Å². The van der Waals surface area contributed by atoms with E-state index >= 15 is 0 Å². The predicted molar refractivity (Wildman–Crippen MR) is 108 cm³/mol. The van der Waals surface area contributed by atoms with E-state index < -0.39 is 5.92 Å². The first-order chi connectivity index (χ1) is 13.4. The summed E-state index contributed by atoms with van der Waals surface area (Å²) < 4.78 is 11.1. The molecule has 2 heterocycles. The van der Waals surface area contributed by atoms with Crippen LogP contribution in [0.3, 0.4) is 0 Å². The number of rotatable bonds is 3. The minimum Gasteiger partial charge on any atom is -0.486 e. The highest BCUT2D eigenvalue weighted by molar-refractivity contribution is 6.44. The van der Waals surface area contributed by atoms with Gasteiger partial charge in [0.1, 0.15) is 13.2 Å². The van der Waals surface area contributed by atoms with E-state index in [1.54, 1.807) is 23.1 Å². The second-order valence-corrected chi connectivity index (χ2v) is 7.69. The van der Waals surface area contributed by atoms with Crippen molar-refractivity contribution in [2.24, 2.45) is 5.92 Å². The highest BCUT2D eigenvalue weighted by Gasteiger charge is 2.36. The molecule has 1 atom stereocenters. The zero-order valence-corrected chi connectivity index (χ0v) is 16.8. The van der Waals surface area contributed by atoms with Crippen molar-refractivity contribution in [1.29, 1.82) is 0 Å². The van der Waals surface area contributed by atoms with Crippen LogP contribution in [-0.4, -0.2) is 31.6 Å². The Morgan fingerprint density at radius 2 is 1.71 bits per heavy atom. The fraction of sp³-hybridized carbons (Fsp3) is 0.263. The summed E-state index contributed by atoms with van der Waals surface area (Å²) >= 11 is 18.0. The maximum atomic E-state index is 12.6. The quantitative estimate of drug-likeness (QED) is 0.717. The van der Waals surface area contributed by atoms with Crippen LogP contribution in [0.25, 0.3) is 0 Å². The van der Waals surface area contributed by atoms with Crippen molar-refractivity contribution in [3.8, 4) is 11.5 Å². The Morgan fingerprint density at radius 1 is 1.00 bits per heavy atom. The molecule has 2 aromatic rings. The number of ether oxygens (including phenoxy) is 2. The van der Waals surface area contributed by atoms with Crippen LogP contribution in [0.4, 0.5) is 11.4 Å². The Balaban J connectivity index is 1.49. The molecule has 1 fully saturated rings. The lowest BCUT2D eigenvalue weighted by molar-refractivity contribution is -0.122. The summed E-state index contributed by atoms with van der Waals surface area (Å²) in [4.78, 5) is 26.7. The van der Waals surface area contributed by atoms with Crippen molar-refractivity contribution < 1.29 is 19.1 Å². The molecule has 1 N–H and O–H groups in total. The number of nitrogens with zero attached hydrogens (tertiary/aromatic N) is 1. The molecule has 2 aliphatic rings. The molecule has 0 bridgehead atoms. The fourth-order valence-electron chi connectivity index (χ4n) is 3.19. The van der Waals surface area contributed by atoms with Crippen LogP contribution in [-0.2, 0) is 9.59 Å². The van der Waals surface area contributed by atoms with E-state index in [0.717, 1.165) is 0 Å². The lowest BCUT2D eigenvalue weighted by atomic mass is 10.1. The Hall–Kier alpha value is -2.15. The minimum atomic E-state index is -0.522. The molecule has 2 amide bonds. The molecule has 4 rings (SSSR count). The van der Waals surface area contributed by atoms with Gasteiger partial charge in [0.15, 0.2) is 11.5 Å². The molecule has 0 saturated carbocycles. The van der Waals surface area contributed by atoms with E-state index in [0.29, 0.717) is 41.1 Å². The van der Waals surface area contributed by atoms with Gasteiger partial charge in [0.25, 0.3) is 0 Å². The molecule has 6 nitrogen and oxygen atoms in total. The van der Waals surface area contributed by atoms with Gasteiger partial charge in [-0.2, -0.15) is 0 Å². The molecule has 0 radical (unpaired) electrons. The van der Waals surface area contributed by atoms with Gasteiger partial charge in [-0.15, -0.1) is 0 Å². The van der Waals surface area contributed by atoms with E-state index in [9.17, 15) is 9.59 Å². The summed E-state index contributed by atoms with van der Waals surface area (Å²) in [6.07, 6.45) is 0.0964. The van der Waals surface area contributed by atoms with Gasteiger partial charge in [-0.05, 0) is 24.3 Å². The maximum Gasteiger partial charge on any atom is 0.229 e. The molecule has 0 unspecified atom stereocenters. The largest absolute Gasteiger partial charge is 0.486 e. The van der Waals surface area contributed by atoms with E-state index in [4.69, 9.17) is 44.3 Å². The third kappa shape index (κ3) is 3.72. The van der Waals surface area contributed by atoms with Crippen molar-refractivity contribution >= 4 is 58.0 Å². The van der Waals surface area contributed by atoms with Gasteiger partial charge >= 0.3 is 0 Å². The number of fused-ring (bicyclic) bond motifs is 1. The van der Waals surface area contributed by atoms with Crippen molar-refractivity contribution in [3.05, 3.63) is 45.4 Å². The van der Waals surface area contributed by atoms with Gasteiger partial charge in [-0.25, -0.2) is 0 Å². The maximum absolute atomic E-state index is 12.6. The molecule has 2 aromatic carbocycles. The number of benzene rings is 2. The summed E-state index contributed by atoms with van der Waals surface area (Å²) in [6, 6.07) is 8.24. The molecule has 9 heteroatoms. The molecular weight excluding hydrogens is 427 g/mol. The monoisotopic (exact) mass is 440 g/mol. The van der Waals surface area contributed by atoms with E-state index in [2.05, 4.69) is 5.32 Å². The SMILES string of the molecule is O=C(Nc1cc(Cl)c(Cl)cc1Cl)[C@@H]1CC(=O)N(c2ccc3c(c2)OCCO3)C1. The molecule has 0 spiro atoms. The number of halogens is 3. The lowest BCUT2D eigenvalue weighted by Gasteiger charge is -2.22. The highest BCUT2D eigenvalue weighted by atomic mass is 35.5. The van der Waals surface area contributed by atoms with Crippen LogP contribution in [0, 0.1) is 5.92 Å². The van der Waals surface area contributed by atoms with E-state index in [1.165, 1.54) is 12.1 Å². The average Bonchev–Trinajstić information content (AvgIpc) is 3.07. The summed E-state index contributed by atoms with van der Waals surface area (Å²) in [6.45, 7) is 1.21. The zero-order valence-electron chi connectivity index (χ0n) is 14.5.